The first-order valence-electron chi connectivity index (χ1n) is 6.68. The Bertz CT molecular complexity index is 446. The molecule has 1 aromatic rings. The van der Waals surface area contributed by atoms with Crippen molar-refractivity contribution >= 4 is 17.4 Å². The average Bonchev–Trinajstić information content (AvgIpc) is 2.27. The number of thioether (sulfide) groups is 1. The number of anilines is 1. The van der Waals surface area contributed by atoms with Gasteiger partial charge in [-0.15, -0.1) is 11.8 Å². The van der Waals surface area contributed by atoms with Gasteiger partial charge in [-0.05, 0) is 43.6 Å². The van der Waals surface area contributed by atoms with Gasteiger partial charge in [0.25, 0.3) is 0 Å². The van der Waals surface area contributed by atoms with Crippen molar-refractivity contribution in [1.29, 1.82) is 5.26 Å². The number of nitriles is 1. The lowest BCUT2D eigenvalue weighted by Gasteiger charge is -2.32. The Morgan fingerprint density at radius 3 is 2.83 bits per heavy atom. The maximum atomic E-state index is 9.35. The largest absolute Gasteiger partial charge is 0.381 e. The van der Waals surface area contributed by atoms with Gasteiger partial charge in [0.2, 0.25) is 0 Å². The Morgan fingerprint density at radius 1 is 1.50 bits per heavy atom. The first kappa shape index (κ1) is 13.3. The van der Waals surface area contributed by atoms with E-state index in [-0.39, 0.29) is 0 Å². The lowest BCUT2D eigenvalue weighted by molar-refractivity contribution is 0.285. The van der Waals surface area contributed by atoms with Crippen molar-refractivity contribution in [3.8, 4) is 6.07 Å². The molecule has 1 fully saturated rings. The average molecular weight is 260 g/mol. The van der Waals surface area contributed by atoms with Crippen molar-refractivity contribution in [3.05, 3.63) is 23.8 Å². The molecule has 0 saturated heterocycles. The molecule has 1 aliphatic carbocycles. The number of hydrogen-bond acceptors (Lipinski definition) is 3. The molecule has 3 heteroatoms. The highest BCUT2D eigenvalue weighted by molar-refractivity contribution is 7.99. The van der Waals surface area contributed by atoms with E-state index in [4.69, 9.17) is 0 Å². The van der Waals surface area contributed by atoms with Gasteiger partial charge in [0.05, 0.1) is 11.3 Å². The van der Waals surface area contributed by atoms with Gasteiger partial charge in [-0.1, -0.05) is 19.4 Å². The Morgan fingerprint density at radius 2 is 2.28 bits per heavy atom. The predicted molar refractivity (Wildman–Crippen MR) is 78.0 cm³/mol. The van der Waals surface area contributed by atoms with Gasteiger partial charge in [-0.25, -0.2) is 0 Å². The summed E-state index contributed by atoms with van der Waals surface area (Å²) in [6, 6.07) is 8.90. The van der Waals surface area contributed by atoms with Gasteiger partial charge >= 0.3 is 0 Å². The van der Waals surface area contributed by atoms with E-state index in [1.165, 1.54) is 19.3 Å². The van der Waals surface area contributed by atoms with Crippen molar-refractivity contribution in [3.63, 3.8) is 0 Å². The third-order valence-electron chi connectivity index (χ3n) is 3.68. The summed E-state index contributed by atoms with van der Waals surface area (Å²) in [6.45, 7) is 4.34. The number of benzene rings is 1. The normalized spacial score (nSPS) is 16.7. The fourth-order valence-electron chi connectivity index (χ4n) is 2.35. The number of hydrogen-bond donors (Lipinski definition) is 1. The molecule has 2 nitrogen and oxygen atoms in total. The van der Waals surface area contributed by atoms with Crippen molar-refractivity contribution in [2.45, 2.75) is 44.0 Å². The summed E-state index contributed by atoms with van der Waals surface area (Å²) >= 11 is 1.73. The molecule has 0 aromatic heterocycles. The smallest absolute Gasteiger partial charge is 0.102 e. The van der Waals surface area contributed by atoms with E-state index in [9.17, 15) is 5.26 Å². The van der Waals surface area contributed by atoms with Crippen LogP contribution in [0.15, 0.2) is 23.1 Å². The molecule has 0 heterocycles. The standard InChI is InChI=1S/C15H20N2S/c1-3-18-15-9-5-8-14(13(15)10-16)17-11(2)12-6-4-7-12/h5,8-9,11-12,17H,3-4,6-7H2,1-2H3. The highest BCUT2D eigenvalue weighted by atomic mass is 32.2. The topological polar surface area (TPSA) is 35.8 Å². The first-order chi connectivity index (χ1) is 8.76. The van der Waals surface area contributed by atoms with Crippen LogP contribution in [-0.4, -0.2) is 11.8 Å². The van der Waals surface area contributed by atoms with E-state index < -0.39 is 0 Å². The summed E-state index contributed by atoms with van der Waals surface area (Å²) in [5.41, 5.74) is 1.80. The van der Waals surface area contributed by atoms with E-state index in [1.54, 1.807) is 11.8 Å². The van der Waals surface area contributed by atoms with Crippen LogP contribution in [0.5, 0.6) is 0 Å². The van der Waals surface area contributed by atoms with Gasteiger partial charge in [0.15, 0.2) is 0 Å². The summed E-state index contributed by atoms with van der Waals surface area (Å²) in [6.07, 6.45) is 3.99. The minimum absolute atomic E-state index is 0.465. The monoisotopic (exact) mass is 260 g/mol. The van der Waals surface area contributed by atoms with E-state index in [1.807, 2.05) is 18.2 Å². The quantitative estimate of drug-likeness (QED) is 0.803. The Labute approximate surface area is 114 Å². The lowest BCUT2D eigenvalue weighted by Crippen LogP contribution is -2.31. The van der Waals surface area contributed by atoms with Gasteiger partial charge in [-0.3, -0.25) is 0 Å². The van der Waals surface area contributed by atoms with Crippen LogP contribution < -0.4 is 5.32 Å². The molecule has 0 amide bonds. The molecule has 0 radical (unpaired) electrons. The van der Waals surface area contributed by atoms with Crippen LogP contribution in [0, 0.1) is 17.2 Å². The highest BCUT2D eigenvalue weighted by Crippen LogP contribution is 2.33. The van der Waals surface area contributed by atoms with Crippen LogP contribution in [0.2, 0.25) is 0 Å². The second-order valence-corrected chi connectivity index (χ2v) is 6.15. The zero-order chi connectivity index (χ0) is 13.0. The summed E-state index contributed by atoms with van der Waals surface area (Å²) < 4.78 is 0. The molecule has 0 aliphatic heterocycles. The molecule has 0 bridgehead atoms. The fraction of sp³-hybridized carbons (Fsp3) is 0.533. The second-order valence-electron chi connectivity index (χ2n) is 4.85. The molecule has 0 spiro atoms. The minimum Gasteiger partial charge on any atom is -0.381 e. The van der Waals surface area contributed by atoms with Crippen molar-refractivity contribution in [1.82, 2.24) is 0 Å². The van der Waals surface area contributed by atoms with E-state index >= 15 is 0 Å². The van der Waals surface area contributed by atoms with E-state index in [0.717, 1.165) is 27.8 Å². The number of nitrogens with one attached hydrogen (secondary N) is 1. The highest BCUT2D eigenvalue weighted by Gasteiger charge is 2.24. The third kappa shape index (κ3) is 2.81. The SMILES string of the molecule is CCSc1cccc(NC(C)C2CCC2)c1C#N. The Hall–Kier alpha value is -1.14. The maximum absolute atomic E-state index is 9.35. The zero-order valence-electron chi connectivity index (χ0n) is 11.1. The van der Waals surface area contributed by atoms with E-state index in [0.29, 0.717) is 6.04 Å². The van der Waals surface area contributed by atoms with Crippen LogP contribution in [0.3, 0.4) is 0 Å². The van der Waals surface area contributed by atoms with Crippen molar-refractivity contribution in [2.75, 3.05) is 11.1 Å². The van der Waals surface area contributed by atoms with Crippen LogP contribution in [0.1, 0.15) is 38.7 Å². The van der Waals surface area contributed by atoms with Crippen molar-refractivity contribution in [2.24, 2.45) is 5.92 Å². The molecule has 1 aromatic carbocycles. The second kappa shape index (κ2) is 6.15. The van der Waals surface area contributed by atoms with E-state index in [2.05, 4.69) is 25.2 Å². The first-order valence-corrected chi connectivity index (χ1v) is 7.67. The number of rotatable bonds is 5. The molecular formula is C15H20N2S. The molecular weight excluding hydrogens is 240 g/mol. The third-order valence-corrected chi connectivity index (χ3v) is 4.62. The summed E-state index contributed by atoms with van der Waals surface area (Å²) in [5, 5.41) is 12.9. The molecule has 1 atom stereocenters. The van der Waals surface area contributed by atoms with Crippen LogP contribution in [0.25, 0.3) is 0 Å². The fourth-order valence-corrected chi connectivity index (χ4v) is 3.13. The molecule has 96 valence electrons. The molecule has 2 rings (SSSR count). The van der Waals surface area contributed by atoms with Crippen LogP contribution in [-0.2, 0) is 0 Å². The molecule has 1 aliphatic rings. The van der Waals surface area contributed by atoms with Gasteiger partial charge in [0.1, 0.15) is 6.07 Å². The summed E-state index contributed by atoms with van der Waals surface area (Å²) in [5.74, 6) is 1.77. The van der Waals surface area contributed by atoms with Crippen molar-refractivity contribution < 1.29 is 0 Å². The molecule has 18 heavy (non-hydrogen) atoms. The molecule has 1 saturated carbocycles. The van der Waals surface area contributed by atoms with Gasteiger partial charge < -0.3 is 5.32 Å². The lowest BCUT2D eigenvalue weighted by atomic mass is 9.80. The summed E-state index contributed by atoms with van der Waals surface area (Å²) in [4.78, 5) is 1.09. The Kier molecular flexibility index (Phi) is 4.54. The number of nitrogens with zero attached hydrogens (tertiary/aromatic N) is 1. The van der Waals surface area contributed by atoms with Crippen LogP contribution >= 0.6 is 11.8 Å². The Balaban J connectivity index is 2.16. The summed E-state index contributed by atoms with van der Waals surface area (Å²) in [7, 11) is 0. The van der Waals surface area contributed by atoms with Gasteiger partial charge in [-0.2, -0.15) is 5.26 Å². The zero-order valence-corrected chi connectivity index (χ0v) is 11.9. The molecule has 1 unspecified atom stereocenters. The van der Waals surface area contributed by atoms with Crippen LogP contribution in [0.4, 0.5) is 5.69 Å². The minimum atomic E-state index is 0.465. The maximum Gasteiger partial charge on any atom is 0.102 e. The predicted octanol–water partition coefficient (Wildman–Crippen LogP) is 4.27. The molecule has 1 N–H and O–H groups in total. The van der Waals surface area contributed by atoms with Gasteiger partial charge in [0, 0.05) is 10.9 Å².